The van der Waals surface area contributed by atoms with Gasteiger partial charge >= 0.3 is 0 Å². The summed E-state index contributed by atoms with van der Waals surface area (Å²) in [6, 6.07) is 8.62. The van der Waals surface area contributed by atoms with Gasteiger partial charge in [-0.1, -0.05) is 36.6 Å². The van der Waals surface area contributed by atoms with E-state index in [0.717, 1.165) is 35.6 Å². The van der Waals surface area contributed by atoms with Gasteiger partial charge in [-0.2, -0.15) is 0 Å². The lowest BCUT2D eigenvalue weighted by Gasteiger charge is -2.32. The van der Waals surface area contributed by atoms with Crippen molar-refractivity contribution in [2.45, 2.75) is 56.5 Å². The van der Waals surface area contributed by atoms with E-state index in [1.54, 1.807) is 0 Å². The van der Waals surface area contributed by atoms with Crippen LogP contribution in [0.15, 0.2) is 40.5 Å². The summed E-state index contributed by atoms with van der Waals surface area (Å²) in [5, 5.41) is 4.41. The Morgan fingerprint density at radius 3 is 2.70 bits per heavy atom. The van der Waals surface area contributed by atoms with Crippen LogP contribution in [0.5, 0.6) is 0 Å². The summed E-state index contributed by atoms with van der Waals surface area (Å²) in [6.07, 6.45) is 8.06. The molecule has 0 radical (unpaired) electrons. The topological polar surface area (TPSA) is 41.5 Å². The van der Waals surface area contributed by atoms with Crippen molar-refractivity contribution in [2.75, 3.05) is 0 Å². The summed E-state index contributed by atoms with van der Waals surface area (Å²) in [5.74, 6) is 0.445. The highest BCUT2D eigenvalue weighted by molar-refractivity contribution is 6.30. The molecular weight excluding hydrogens is 308 g/mol. The summed E-state index contributed by atoms with van der Waals surface area (Å²) in [6.45, 7) is 0. The van der Waals surface area contributed by atoms with Crippen LogP contribution in [-0.4, -0.2) is 24.1 Å². The molecule has 0 spiro atoms. The Bertz CT molecular complexity index is 677. The second kappa shape index (κ2) is 6.12. The van der Waals surface area contributed by atoms with E-state index < -0.39 is 0 Å². The van der Waals surface area contributed by atoms with Crippen molar-refractivity contribution >= 4 is 23.6 Å². The third-order valence-electron chi connectivity index (χ3n) is 5.33. The Morgan fingerprint density at radius 2 is 1.87 bits per heavy atom. The van der Waals surface area contributed by atoms with Crippen LogP contribution in [0.1, 0.15) is 50.0 Å². The van der Waals surface area contributed by atoms with Gasteiger partial charge in [0.15, 0.2) is 5.78 Å². The molecule has 1 N–H and O–H groups in total. The molecule has 1 saturated carbocycles. The minimum absolute atomic E-state index is 0.209. The van der Waals surface area contributed by atoms with Gasteiger partial charge in [0.2, 0.25) is 0 Å². The number of hydrogen-bond acceptors (Lipinski definition) is 3. The zero-order valence-corrected chi connectivity index (χ0v) is 13.9. The van der Waals surface area contributed by atoms with Crippen LogP contribution in [0.2, 0.25) is 5.02 Å². The minimum Gasteiger partial charge on any atom is -0.383 e. The van der Waals surface area contributed by atoms with Gasteiger partial charge in [0.25, 0.3) is 0 Å². The Hall–Kier alpha value is -1.61. The molecule has 1 aromatic carbocycles. The monoisotopic (exact) mass is 328 g/mol. The van der Waals surface area contributed by atoms with Gasteiger partial charge in [-0.25, -0.2) is 0 Å². The molecule has 3 unspecified atom stereocenters. The number of nitrogens with zero attached hydrogens (tertiary/aromatic N) is 1. The number of Topliss-reactive ketones (excluding diaryl/α,β-unsaturated/α-hetero) is 1. The molecule has 0 bridgehead atoms. The van der Waals surface area contributed by atoms with Crippen molar-refractivity contribution in [2.24, 2.45) is 4.99 Å². The smallest absolute Gasteiger partial charge is 0.166 e. The maximum absolute atomic E-state index is 12.6. The second-order valence-electron chi connectivity index (χ2n) is 6.85. The van der Waals surface area contributed by atoms with E-state index in [1.807, 2.05) is 30.5 Å². The van der Waals surface area contributed by atoms with Crippen LogP contribution in [0.3, 0.4) is 0 Å². The third-order valence-corrected chi connectivity index (χ3v) is 5.59. The van der Waals surface area contributed by atoms with Gasteiger partial charge in [-0.3, -0.25) is 9.79 Å². The molecule has 1 fully saturated rings. The Labute approximate surface area is 141 Å². The molecule has 0 amide bonds. The third kappa shape index (κ3) is 2.94. The number of benzene rings is 1. The lowest BCUT2D eigenvalue weighted by molar-refractivity contribution is -0.115. The fourth-order valence-corrected chi connectivity index (χ4v) is 4.17. The van der Waals surface area contributed by atoms with Crippen LogP contribution < -0.4 is 5.32 Å². The normalized spacial score (nSPS) is 30.3. The standard InChI is InChI=1S/C19H21ClN2O/c20-14-7-5-12(6-8-14)13-9-18-15(19(23)10-13)11-21-16-3-1-2-4-17(16)22-18/h5-8,11,13,16-17,22H,1-4,9-10H2. The predicted molar refractivity (Wildman–Crippen MR) is 93.1 cm³/mol. The minimum atomic E-state index is 0.209. The predicted octanol–water partition coefficient (Wildman–Crippen LogP) is 4.03. The van der Waals surface area contributed by atoms with E-state index in [9.17, 15) is 4.79 Å². The van der Waals surface area contributed by atoms with Crippen molar-refractivity contribution < 1.29 is 4.79 Å². The molecule has 3 aliphatic rings. The molecule has 3 atom stereocenters. The Balaban J connectivity index is 1.61. The van der Waals surface area contributed by atoms with Crippen LogP contribution >= 0.6 is 11.6 Å². The van der Waals surface area contributed by atoms with Crippen LogP contribution in [0, 0.1) is 0 Å². The van der Waals surface area contributed by atoms with Gasteiger partial charge in [-0.05, 0) is 42.9 Å². The molecule has 2 aliphatic carbocycles. The van der Waals surface area contributed by atoms with E-state index in [2.05, 4.69) is 5.32 Å². The van der Waals surface area contributed by atoms with Gasteiger partial charge in [0.1, 0.15) is 0 Å². The van der Waals surface area contributed by atoms with Crippen molar-refractivity contribution in [1.29, 1.82) is 0 Å². The van der Waals surface area contributed by atoms with Gasteiger partial charge < -0.3 is 5.32 Å². The molecule has 23 heavy (non-hydrogen) atoms. The Kier molecular flexibility index (Phi) is 3.98. The second-order valence-corrected chi connectivity index (χ2v) is 7.29. The number of carbonyl (C=O) groups is 1. The van der Waals surface area contributed by atoms with Crippen LogP contribution in [0.4, 0.5) is 0 Å². The lowest BCUT2D eigenvalue weighted by Crippen LogP contribution is -2.41. The van der Waals surface area contributed by atoms with Crippen LogP contribution in [-0.2, 0) is 4.79 Å². The molecule has 4 heteroatoms. The molecular formula is C19H21ClN2O. The van der Waals surface area contributed by atoms with E-state index in [-0.39, 0.29) is 11.7 Å². The molecule has 3 nitrogen and oxygen atoms in total. The molecule has 1 aromatic rings. The summed E-state index contributed by atoms with van der Waals surface area (Å²) in [4.78, 5) is 17.3. The molecule has 0 saturated heterocycles. The summed E-state index contributed by atoms with van der Waals surface area (Å²) >= 11 is 5.98. The van der Waals surface area contributed by atoms with Crippen molar-refractivity contribution in [1.82, 2.24) is 5.32 Å². The zero-order valence-electron chi connectivity index (χ0n) is 13.1. The van der Waals surface area contributed by atoms with Gasteiger partial charge in [0.05, 0.1) is 11.6 Å². The number of carbonyl (C=O) groups excluding carboxylic acids is 1. The molecule has 120 valence electrons. The van der Waals surface area contributed by atoms with Gasteiger partial charge in [0, 0.05) is 29.4 Å². The summed E-state index contributed by atoms with van der Waals surface area (Å²) < 4.78 is 0. The zero-order chi connectivity index (χ0) is 15.8. The summed E-state index contributed by atoms with van der Waals surface area (Å²) in [7, 11) is 0. The van der Waals surface area contributed by atoms with E-state index in [0.29, 0.717) is 18.5 Å². The first kappa shape index (κ1) is 14.9. The molecule has 4 rings (SSSR count). The van der Waals surface area contributed by atoms with Crippen molar-refractivity contribution in [3.63, 3.8) is 0 Å². The number of rotatable bonds is 1. The SMILES string of the molecule is O=C1CC(c2ccc(Cl)cc2)CC2=C1C=NC1CCCCC1N2. The molecule has 0 aromatic heterocycles. The van der Waals surface area contributed by atoms with E-state index >= 15 is 0 Å². The number of fused-ring (bicyclic) bond motifs is 1. The molecule has 1 aliphatic heterocycles. The highest BCUT2D eigenvalue weighted by atomic mass is 35.5. The van der Waals surface area contributed by atoms with Gasteiger partial charge in [-0.15, -0.1) is 0 Å². The number of allylic oxidation sites excluding steroid dienone is 2. The first-order valence-corrected chi connectivity index (χ1v) is 8.90. The number of ketones is 1. The number of aliphatic imine (C=N–C) groups is 1. The molecule has 1 heterocycles. The summed E-state index contributed by atoms with van der Waals surface area (Å²) in [5.41, 5.74) is 3.10. The van der Waals surface area contributed by atoms with Crippen molar-refractivity contribution in [3.05, 3.63) is 46.1 Å². The fourth-order valence-electron chi connectivity index (χ4n) is 4.04. The Morgan fingerprint density at radius 1 is 1.09 bits per heavy atom. The number of halogens is 1. The number of hydrogen-bond donors (Lipinski definition) is 1. The fraction of sp³-hybridized carbons (Fsp3) is 0.474. The van der Waals surface area contributed by atoms with Crippen LogP contribution in [0.25, 0.3) is 0 Å². The quantitative estimate of drug-likeness (QED) is 0.845. The van der Waals surface area contributed by atoms with Crippen molar-refractivity contribution in [3.8, 4) is 0 Å². The lowest BCUT2D eigenvalue weighted by atomic mass is 9.81. The number of nitrogens with one attached hydrogen (secondary N) is 1. The highest BCUT2D eigenvalue weighted by Crippen LogP contribution is 2.36. The first-order chi connectivity index (χ1) is 11.2. The average molecular weight is 329 g/mol. The largest absolute Gasteiger partial charge is 0.383 e. The highest BCUT2D eigenvalue weighted by Gasteiger charge is 2.33. The van der Waals surface area contributed by atoms with E-state index in [4.69, 9.17) is 16.6 Å². The average Bonchev–Trinajstić information content (AvgIpc) is 2.74. The first-order valence-electron chi connectivity index (χ1n) is 8.52. The maximum Gasteiger partial charge on any atom is 0.166 e. The maximum atomic E-state index is 12.6. The van der Waals surface area contributed by atoms with E-state index in [1.165, 1.54) is 18.4 Å².